The molecule has 120 valence electrons. The summed E-state index contributed by atoms with van der Waals surface area (Å²) in [6.45, 7) is 4.03. The molecule has 0 aliphatic carbocycles. The normalized spacial score (nSPS) is 11.3. The number of hydrogen-bond donors (Lipinski definition) is 1. The molecule has 0 fully saturated rings. The Hall–Kier alpha value is -3.01. The highest BCUT2D eigenvalue weighted by Crippen LogP contribution is 2.36. The Bertz CT molecular complexity index is 935. The van der Waals surface area contributed by atoms with Crippen LogP contribution in [0.1, 0.15) is 13.8 Å². The number of nitrogens with zero attached hydrogens (tertiary/aromatic N) is 1. The van der Waals surface area contributed by atoms with E-state index < -0.39 is 0 Å². The number of H-pyrrole nitrogens is 1. The average Bonchev–Trinajstić information content (AvgIpc) is 3.23. The molecule has 0 spiro atoms. The molecular weight excluding hydrogens is 300 g/mol. The minimum Gasteiger partial charge on any atom is -0.491 e. The fraction of sp³-hybridized carbons (Fsp3) is 0.150. The molecule has 0 aliphatic rings. The van der Waals surface area contributed by atoms with Gasteiger partial charge in [0, 0.05) is 28.9 Å². The highest BCUT2D eigenvalue weighted by molar-refractivity contribution is 5.87. The number of para-hydroxylation sites is 1. The van der Waals surface area contributed by atoms with Crippen LogP contribution < -0.4 is 4.74 Å². The maximum Gasteiger partial charge on any atom is 0.138 e. The Kier molecular flexibility index (Phi) is 3.58. The van der Waals surface area contributed by atoms with E-state index in [4.69, 9.17) is 9.15 Å². The van der Waals surface area contributed by atoms with Gasteiger partial charge < -0.3 is 14.1 Å². The molecule has 0 atom stereocenters. The zero-order valence-corrected chi connectivity index (χ0v) is 13.6. The number of hydrogen-bond acceptors (Lipinski definition) is 3. The predicted octanol–water partition coefficient (Wildman–Crippen LogP) is 5.28. The van der Waals surface area contributed by atoms with Crippen molar-refractivity contribution in [2.24, 2.45) is 0 Å². The van der Waals surface area contributed by atoms with Gasteiger partial charge >= 0.3 is 0 Å². The molecule has 4 nitrogen and oxygen atoms in total. The third-order valence-electron chi connectivity index (χ3n) is 3.81. The minimum atomic E-state index is 0.117. The summed E-state index contributed by atoms with van der Waals surface area (Å²) in [7, 11) is 0. The Morgan fingerprint density at radius 2 is 1.92 bits per heavy atom. The Balaban J connectivity index is 1.87. The van der Waals surface area contributed by atoms with Crippen LogP contribution in [0.15, 0.2) is 65.3 Å². The van der Waals surface area contributed by atoms with Crippen LogP contribution in [-0.2, 0) is 0 Å². The summed E-state index contributed by atoms with van der Waals surface area (Å²) in [5.41, 5.74) is 2.81. The van der Waals surface area contributed by atoms with Crippen LogP contribution in [0.25, 0.3) is 33.7 Å². The van der Waals surface area contributed by atoms with Crippen LogP contribution in [0.3, 0.4) is 0 Å². The van der Waals surface area contributed by atoms with Gasteiger partial charge in [-0.15, -0.1) is 0 Å². The molecule has 0 unspecified atom stereocenters. The van der Waals surface area contributed by atoms with Gasteiger partial charge in [-0.25, -0.2) is 4.98 Å². The number of rotatable bonds is 4. The number of imidazole rings is 1. The van der Waals surface area contributed by atoms with Crippen molar-refractivity contribution < 1.29 is 9.15 Å². The number of nitrogens with one attached hydrogen (secondary N) is 1. The molecule has 0 aliphatic heterocycles. The lowest BCUT2D eigenvalue weighted by Gasteiger charge is -2.12. The van der Waals surface area contributed by atoms with Crippen LogP contribution in [0, 0.1) is 0 Å². The fourth-order valence-electron chi connectivity index (χ4n) is 2.81. The maximum atomic E-state index is 6.03. The maximum absolute atomic E-state index is 6.03. The molecule has 4 heteroatoms. The summed E-state index contributed by atoms with van der Waals surface area (Å²) < 4.78 is 11.9. The van der Waals surface area contributed by atoms with Crippen LogP contribution in [0.2, 0.25) is 0 Å². The fourth-order valence-corrected chi connectivity index (χ4v) is 2.81. The quantitative estimate of drug-likeness (QED) is 0.557. The van der Waals surface area contributed by atoms with Crippen LogP contribution in [0.4, 0.5) is 0 Å². The van der Waals surface area contributed by atoms with Crippen molar-refractivity contribution in [2.45, 2.75) is 20.0 Å². The molecule has 0 amide bonds. The zero-order chi connectivity index (χ0) is 16.5. The van der Waals surface area contributed by atoms with Crippen molar-refractivity contribution in [3.8, 4) is 28.5 Å². The lowest BCUT2D eigenvalue weighted by molar-refractivity contribution is 0.242. The van der Waals surface area contributed by atoms with Gasteiger partial charge in [-0.05, 0) is 44.2 Å². The van der Waals surface area contributed by atoms with Crippen molar-refractivity contribution in [3.05, 3.63) is 60.9 Å². The van der Waals surface area contributed by atoms with E-state index in [1.807, 2.05) is 62.5 Å². The molecular formula is C20H18N2O2. The van der Waals surface area contributed by atoms with Gasteiger partial charge in [0.05, 0.1) is 6.10 Å². The third kappa shape index (κ3) is 2.67. The molecule has 0 saturated carbocycles. The highest BCUT2D eigenvalue weighted by atomic mass is 16.5. The van der Waals surface area contributed by atoms with Gasteiger partial charge in [0.25, 0.3) is 0 Å². The smallest absolute Gasteiger partial charge is 0.138 e. The van der Waals surface area contributed by atoms with E-state index in [0.717, 1.165) is 39.4 Å². The molecule has 4 aromatic rings. The molecule has 2 heterocycles. The second kappa shape index (κ2) is 5.89. The number of furan rings is 1. The lowest BCUT2D eigenvalue weighted by atomic mass is 10.0. The number of benzene rings is 2. The van der Waals surface area contributed by atoms with E-state index in [0.29, 0.717) is 0 Å². The summed E-state index contributed by atoms with van der Waals surface area (Å²) in [4.78, 5) is 7.56. The van der Waals surface area contributed by atoms with Gasteiger partial charge in [0.2, 0.25) is 0 Å². The summed E-state index contributed by atoms with van der Waals surface area (Å²) >= 11 is 0. The number of fused-ring (bicyclic) bond motifs is 1. The van der Waals surface area contributed by atoms with E-state index in [1.165, 1.54) is 0 Å². The van der Waals surface area contributed by atoms with Crippen molar-refractivity contribution in [3.63, 3.8) is 0 Å². The van der Waals surface area contributed by atoms with Gasteiger partial charge in [0.15, 0.2) is 0 Å². The first-order chi connectivity index (χ1) is 11.7. The standard InChI is InChI=1S/C20H18N2O2/c1-13(2)23-15-7-8-16(17(12-15)20-21-9-10-22-20)19-11-14-5-3-4-6-18(14)24-19/h3-13H,1-2H3,(H,21,22). The number of aromatic nitrogens is 2. The first-order valence-corrected chi connectivity index (χ1v) is 8.00. The molecule has 24 heavy (non-hydrogen) atoms. The van der Waals surface area contributed by atoms with E-state index >= 15 is 0 Å². The number of ether oxygens (including phenoxy) is 1. The lowest BCUT2D eigenvalue weighted by Crippen LogP contribution is -2.05. The Labute approximate surface area is 140 Å². The van der Waals surface area contributed by atoms with E-state index in [2.05, 4.69) is 16.0 Å². The van der Waals surface area contributed by atoms with Crippen molar-refractivity contribution in [1.82, 2.24) is 9.97 Å². The first kappa shape index (κ1) is 14.6. The van der Waals surface area contributed by atoms with Crippen LogP contribution >= 0.6 is 0 Å². The molecule has 4 rings (SSSR count). The van der Waals surface area contributed by atoms with Gasteiger partial charge in [-0.1, -0.05) is 18.2 Å². The third-order valence-corrected chi connectivity index (χ3v) is 3.81. The second-order valence-corrected chi connectivity index (χ2v) is 5.96. The monoisotopic (exact) mass is 318 g/mol. The Morgan fingerprint density at radius 3 is 2.67 bits per heavy atom. The van der Waals surface area contributed by atoms with Crippen LogP contribution in [0.5, 0.6) is 5.75 Å². The second-order valence-electron chi connectivity index (χ2n) is 5.96. The first-order valence-electron chi connectivity index (χ1n) is 8.00. The summed E-state index contributed by atoms with van der Waals surface area (Å²) in [6, 6.07) is 16.0. The van der Waals surface area contributed by atoms with Gasteiger partial charge in [0.1, 0.15) is 22.9 Å². The van der Waals surface area contributed by atoms with Crippen molar-refractivity contribution in [2.75, 3.05) is 0 Å². The molecule has 0 saturated heterocycles. The van der Waals surface area contributed by atoms with Crippen molar-refractivity contribution >= 4 is 11.0 Å². The molecule has 2 aromatic carbocycles. The van der Waals surface area contributed by atoms with Gasteiger partial charge in [-0.2, -0.15) is 0 Å². The van der Waals surface area contributed by atoms with E-state index in [1.54, 1.807) is 6.20 Å². The zero-order valence-electron chi connectivity index (χ0n) is 13.6. The SMILES string of the molecule is CC(C)Oc1ccc(-c2cc3ccccc3o2)c(-c2ncc[nH]2)c1. The van der Waals surface area contributed by atoms with Gasteiger partial charge in [-0.3, -0.25) is 0 Å². The topological polar surface area (TPSA) is 51.1 Å². The van der Waals surface area contributed by atoms with E-state index in [9.17, 15) is 0 Å². The molecule has 2 aromatic heterocycles. The molecule has 0 radical (unpaired) electrons. The predicted molar refractivity (Wildman–Crippen MR) is 95.0 cm³/mol. The average molecular weight is 318 g/mol. The highest BCUT2D eigenvalue weighted by Gasteiger charge is 2.15. The Morgan fingerprint density at radius 1 is 1.04 bits per heavy atom. The summed E-state index contributed by atoms with van der Waals surface area (Å²) in [5, 5.41) is 1.08. The summed E-state index contributed by atoms with van der Waals surface area (Å²) in [6.07, 6.45) is 3.67. The largest absolute Gasteiger partial charge is 0.491 e. The van der Waals surface area contributed by atoms with Crippen LogP contribution in [-0.4, -0.2) is 16.1 Å². The number of aromatic amines is 1. The van der Waals surface area contributed by atoms with E-state index in [-0.39, 0.29) is 6.10 Å². The molecule has 0 bridgehead atoms. The minimum absolute atomic E-state index is 0.117. The van der Waals surface area contributed by atoms with Crippen molar-refractivity contribution in [1.29, 1.82) is 0 Å². The molecule has 1 N–H and O–H groups in total. The summed E-state index contributed by atoms with van der Waals surface area (Å²) in [5.74, 6) is 2.43.